The van der Waals surface area contributed by atoms with Crippen molar-refractivity contribution in [2.75, 3.05) is 18.4 Å². The fourth-order valence-corrected chi connectivity index (χ4v) is 5.66. The smallest absolute Gasteiger partial charge is 0.251 e. The summed E-state index contributed by atoms with van der Waals surface area (Å²) in [5, 5.41) is 7.03. The van der Waals surface area contributed by atoms with Crippen molar-refractivity contribution in [3.63, 3.8) is 0 Å². The molecule has 0 radical (unpaired) electrons. The molecule has 0 saturated carbocycles. The molecular weight excluding hydrogens is 456 g/mol. The van der Waals surface area contributed by atoms with Crippen LogP contribution in [-0.2, 0) is 21.4 Å². The number of anilines is 1. The van der Waals surface area contributed by atoms with E-state index in [0.29, 0.717) is 35.4 Å². The zero-order chi connectivity index (χ0) is 23.7. The molecule has 0 aliphatic carbocycles. The van der Waals surface area contributed by atoms with E-state index in [1.807, 2.05) is 0 Å². The highest BCUT2D eigenvalue weighted by molar-refractivity contribution is 7.89. The summed E-state index contributed by atoms with van der Waals surface area (Å²) in [5.74, 6) is 0.238. The quantitative estimate of drug-likeness (QED) is 0.456. The van der Waals surface area contributed by atoms with Crippen LogP contribution < -0.4 is 10.9 Å². The molecule has 4 aromatic rings. The largest absolute Gasteiger partial charge is 0.356 e. The predicted molar refractivity (Wildman–Crippen MR) is 127 cm³/mol. The highest BCUT2D eigenvalue weighted by Crippen LogP contribution is 2.24. The van der Waals surface area contributed by atoms with Gasteiger partial charge in [-0.2, -0.15) is 4.31 Å². The van der Waals surface area contributed by atoms with Gasteiger partial charge in [-0.25, -0.2) is 8.42 Å². The molecule has 10 heteroatoms. The summed E-state index contributed by atoms with van der Waals surface area (Å²) in [6.07, 6.45) is 3.26. The molecule has 0 atom stereocenters. The fourth-order valence-electron chi connectivity index (χ4n) is 4.11. The minimum absolute atomic E-state index is 0.184. The molecule has 5 rings (SSSR count). The molecule has 9 nitrogen and oxygen atoms in total. The zero-order valence-corrected chi connectivity index (χ0v) is 19.0. The Bertz CT molecular complexity index is 1500. The summed E-state index contributed by atoms with van der Waals surface area (Å²) >= 11 is 0. The topological polar surface area (TPSA) is 115 Å². The second kappa shape index (κ2) is 8.88. The SMILES string of the molecule is O=C(Cn1c(=O)ccc2cc(S(=O)(=O)N3CCCC3)ccc21)Nc1ccc(-c2ccno2)cc1. The third kappa shape index (κ3) is 4.25. The average Bonchev–Trinajstić information content (AvgIpc) is 3.56. The van der Waals surface area contributed by atoms with E-state index in [1.165, 1.54) is 21.0 Å². The number of hydrogen-bond donors (Lipinski definition) is 1. The summed E-state index contributed by atoms with van der Waals surface area (Å²) in [6.45, 7) is 0.817. The molecule has 3 heterocycles. The molecule has 0 spiro atoms. The summed E-state index contributed by atoms with van der Waals surface area (Å²) in [5.41, 5.74) is 1.53. The van der Waals surface area contributed by atoms with Gasteiger partial charge in [0.15, 0.2) is 5.76 Å². The van der Waals surface area contributed by atoms with Crippen LogP contribution in [0.3, 0.4) is 0 Å². The van der Waals surface area contributed by atoms with Crippen LogP contribution in [0.15, 0.2) is 81.1 Å². The number of nitrogens with one attached hydrogen (secondary N) is 1. The van der Waals surface area contributed by atoms with Crippen molar-refractivity contribution in [3.8, 4) is 11.3 Å². The standard InChI is InChI=1S/C24H22N4O5S/c29-23(26-19-6-3-17(4-7-19)22-11-12-25-33-22)16-28-21-9-8-20(15-18(21)5-10-24(28)30)34(31,32)27-13-1-2-14-27/h3-12,15H,1-2,13-14,16H2,(H,26,29). The Kier molecular flexibility index (Phi) is 5.76. The summed E-state index contributed by atoms with van der Waals surface area (Å²) in [6, 6.07) is 16.3. The van der Waals surface area contributed by atoms with Crippen molar-refractivity contribution in [2.45, 2.75) is 24.3 Å². The molecule has 1 saturated heterocycles. The van der Waals surface area contributed by atoms with E-state index in [1.54, 1.807) is 54.7 Å². The van der Waals surface area contributed by atoms with Gasteiger partial charge in [0, 0.05) is 36.5 Å². The Morgan fingerprint density at radius 3 is 2.47 bits per heavy atom. The van der Waals surface area contributed by atoms with Crippen LogP contribution in [0.2, 0.25) is 0 Å². The van der Waals surface area contributed by atoms with E-state index < -0.39 is 10.0 Å². The first kappa shape index (κ1) is 22.1. The van der Waals surface area contributed by atoms with Gasteiger partial charge in [-0.3, -0.25) is 14.2 Å². The van der Waals surface area contributed by atoms with Gasteiger partial charge in [-0.1, -0.05) is 5.16 Å². The van der Waals surface area contributed by atoms with Crippen LogP contribution in [0.25, 0.3) is 22.2 Å². The van der Waals surface area contributed by atoms with E-state index in [9.17, 15) is 18.0 Å². The Balaban J connectivity index is 1.37. The van der Waals surface area contributed by atoms with Crippen LogP contribution in [0.4, 0.5) is 5.69 Å². The maximum Gasteiger partial charge on any atom is 0.251 e. The Morgan fingerprint density at radius 2 is 1.76 bits per heavy atom. The monoisotopic (exact) mass is 478 g/mol. The van der Waals surface area contributed by atoms with E-state index in [0.717, 1.165) is 18.4 Å². The van der Waals surface area contributed by atoms with Gasteiger partial charge in [-0.05, 0) is 66.8 Å². The summed E-state index contributed by atoms with van der Waals surface area (Å²) < 4.78 is 33.7. The van der Waals surface area contributed by atoms with Gasteiger partial charge in [0.1, 0.15) is 6.54 Å². The number of pyridine rings is 1. The maximum absolute atomic E-state index is 12.9. The maximum atomic E-state index is 12.9. The van der Waals surface area contributed by atoms with E-state index in [2.05, 4.69) is 10.5 Å². The Morgan fingerprint density at radius 1 is 1.00 bits per heavy atom. The number of aromatic nitrogens is 2. The van der Waals surface area contributed by atoms with E-state index >= 15 is 0 Å². The average molecular weight is 479 g/mol. The van der Waals surface area contributed by atoms with E-state index in [4.69, 9.17) is 4.52 Å². The number of fused-ring (bicyclic) bond motifs is 1. The van der Waals surface area contributed by atoms with Gasteiger partial charge < -0.3 is 9.84 Å². The lowest BCUT2D eigenvalue weighted by Crippen LogP contribution is -2.28. The third-order valence-electron chi connectivity index (χ3n) is 5.86. The predicted octanol–water partition coefficient (Wildman–Crippen LogP) is 3.08. The number of carbonyl (C=O) groups excluding carboxylic acids is 1. The third-order valence-corrected chi connectivity index (χ3v) is 7.75. The van der Waals surface area contributed by atoms with Crippen molar-refractivity contribution >= 4 is 32.5 Å². The van der Waals surface area contributed by atoms with Crippen molar-refractivity contribution in [1.82, 2.24) is 14.0 Å². The molecule has 1 aliphatic heterocycles. The first-order valence-electron chi connectivity index (χ1n) is 10.9. The zero-order valence-electron chi connectivity index (χ0n) is 18.2. The number of hydrogen-bond acceptors (Lipinski definition) is 6. The molecule has 0 bridgehead atoms. The lowest BCUT2D eigenvalue weighted by atomic mass is 10.1. The second-order valence-electron chi connectivity index (χ2n) is 8.09. The first-order chi connectivity index (χ1) is 16.4. The molecule has 1 amide bonds. The Labute approximate surface area is 195 Å². The molecule has 1 fully saturated rings. The molecule has 2 aromatic heterocycles. The van der Waals surface area contributed by atoms with Crippen LogP contribution in [0.1, 0.15) is 12.8 Å². The lowest BCUT2D eigenvalue weighted by Gasteiger charge is -2.16. The van der Waals surface area contributed by atoms with Crippen molar-refractivity contribution in [3.05, 3.63) is 77.2 Å². The summed E-state index contributed by atoms with van der Waals surface area (Å²) in [4.78, 5) is 25.4. The first-order valence-corrected chi connectivity index (χ1v) is 12.3. The van der Waals surface area contributed by atoms with Gasteiger partial charge >= 0.3 is 0 Å². The van der Waals surface area contributed by atoms with Gasteiger partial charge in [0.2, 0.25) is 15.9 Å². The highest BCUT2D eigenvalue weighted by Gasteiger charge is 2.27. The fraction of sp³-hybridized carbons (Fsp3) is 0.208. The minimum atomic E-state index is -3.58. The number of amides is 1. The molecule has 34 heavy (non-hydrogen) atoms. The molecular formula is C24H22N4O5S. The summed E-state index contributed by atoms with van der Waals surface area (Å²) in [7, 11) is -3.58. The number of sulfonamides is 1. The number of nitrogens with zero attached hydrogens (tertiary/aromatic N) is 3. The molecule has 2 aromatic carbocycles. The molecule has 174 valence electrons. The number of carbonyl (C=O) groups is 1. The van der Waals surface area contributed by atoms with Gasteiger partial charge in [0.05, 0.1) is 16.6 Å². The van der Waals surface area contributed by atoms with E-state index in [-0.39, 0.29) is 22.9 Å². The molecule has 1 N–H and O–H groups in total. The van der Waals surface area contributed by atoms with Crippen LogP contribution in [-0.4, -0.2) is 41.4 Å². The number of benzene rings is 2. The minimum Gasteiger partial charge on any atom is -0.356 e. The number of rotatable bonds is 6. The van der Waals surface area contributed by atoms with Crippen LogP contribution in [0, 0.1) is 0 Å². The molecule has 1 aliphatic rings. The lowest BCUT2D eigenvalue weighted by molar-refractivity contribution is -0.116. The van der Waals surface area contributed by atoms with Crippen molar-refractivity contribution < 1.29 is 17.7 Å². The highest BCUT2D eigenvalue weighted by atomic mass is 32.2. The Hall–Kier alpha value is -3.76. The van der Waals surface area contributed by atoms with Crippen LogP contribution in [0.5, 0.6) is 0 Å². The van der Waals surface area contributed by atoms with Crippen molar-refractivity contribution in [1.29, 1.82) is 0 Å². The normalized spacial score (nSPS) is 14.5. The van der Waals surface area contributed by atoms with Crippen molar-refractivity contribution in [2.24, 2.45) is 0 Å². The van der Waals surface area contributed by atoms with Gasteiger partial charge in [0.25, 0.3) is 5.56 Å². The molecule has 0 unspecified atom stereocenters. The second-order valence-corrected chi connectivity index (χ2v) is 10.0. The van der Waals surface area contributed by atoms with Gasteiger partial charge in [-0.15, -0.1) is 0 Å². The van der Waals surface area contributed by atoms with Crippen LogP contribution >= 0.6 is 0 Å².